The van der Waals surface area contributed by atoms with Gasteiger partial charge >= 0.3 is 6.18 Å². The molecule has 1 aliphatic rings. The molecule has 2 aromatic heterocycles. The lowest BCUT2D eigenvalue weighted by atomic mass is 9.97. The molecule has 5 aromatic rings. The Morgan fingerprint density at radius 1 is 1.05 bits per heavy atom. The largest absolute Gasteiger partial charge is 0.435 e. The van der Waals surface area contributed by atoms with Crippen LogP contribution < -0.4 is 0 Å². The Kier molecular flexibility index (Phi) is 6.71. The third-order valence-corrected chi connectivity index (χ3v) is 7.76. The van der Waals surface area contributed by atoms with Crippen LogP contribution in [-0.2, 0) is 19.8 Å². The summed E-state index contributed by atoms with van der Waals surface area (Å²) in [5.41, 5.74) is 3.19. The van der Waals surface area contributed by atoms with Crippen LogP contribution in [0, 0.1) is 11.7 Å². The van der Waals surface area contributed by atoms with Gasteiger partial charge in [-0.3, -0.25) is 0 Å². The highest BCUT2D eigenvalue weighted by Gasteiger charge is 2.36. The monoisotopic (exact) mass is 562 g/mol. The summed E-state index contributed by atoms with van der Waals surface area (Å²) in [6.07, 6.45) is 0.0605. The van der Waals surface area contributed by atoms with Gasteiger partial charge in [0.15, 0.2) is 23.7 Å². The molecule has 3 aromatic carbocycles. The molecule has 0 amide bonds. The van der Waals surface area contributed by atoms with Crippen molar-refractivity contribution in [3.63, 3.8) is 0 Å². The van der Waals surface area contributed by atoms with E-state index in [1.807, 2.05) is 13.1 Å². The molecular weight excluding hydrogens is 534 g/mol. The summed E-state index contributed by atoms with van der Waals surface area (Å²) in [5, 5.41) is 8.02. The lowest BCUT2D eigenvalue weighted by Crippen LogP contribution is -2.19. The second-order valence-electron chi connectivity index (χ2n) is 10.7. The van der Waals surface area contributed by atoms with E-state index in [0.29, 0.717) is 46.1 Å². The molecule has 0 aliphatic heterocycles. The van der Waals surface area contributed by atoms with Crippen LogP contribution in [0.25, 0.3) is 45.1 Å². The molecule has 41 heavy (non-hydrogen) atoms. The fourth-order valence-electron chi connectivity index (χ4n) is 5.76. The van der Waals surface area contributed by atoms with E-state index in [0.717, 1.165) is 25.3 Å². The topological polar surface area (TPSA) is 59.8 Å². The van der Waals surface area contributed by atoms with Crippen LogP contribution in [0.15, 0.2) is 65.3 Å². The summed E-state index contributed by atoms with van der Waals surface area (Å²) in [4.78, 5) is 4.49. The second kappa shape index (κ2) is 10.2. The van der Waals surface area contributed by atoms with Gasteiger partial charge in [-0.2, -0.15) is 13.2 Å². The number of halogens is 4. The van der Waals surface area contributed by atoms with Crippen molar-refractivity contribution in [2.24, 2.45) is 13.0 Å². The van der Waals surface area contributed by atoms with Crippen LogP contribution in [-0.4, -0.2) is 37.1 Å². The first kappa shape index (κ1) is 26.9. The summed E-state index contributed by atoms with van der Waals surface area (Å²) in [5.74, 6) is 0.541. The number of alkyl halides is 3. The minimum absolute atomic E-state index is 0.0685. The van der Waals surface area contributed by atoms with E-state index in [2.05, 4.69) is 26.7 Å². The van der Waals surface area contributed by atoms with E-state index in [1.165, 1.54) is 24.2 Å². The highest BCUT2D eigenvalue weighted by atomic mass is 19.4. The number of hydrogen-bond donors (Lipinski definition) is 0. The third kappa shape index (κ3) is 5.14. The van der Waals surface area contributed by atoms with Gasteiger partial charge in [-0.05, 0) is 60.4 Å². The quantitative estimate of drug-likeness (QED) is 0.164. The molecule has 210 valence electrons. The lowest BCUT2D eigenvalue weighted by molar-refractivity contribution is -0.516. The van der Waals surface area contributed by atoms with E-state index in [1.54, 1.807) is 41.9 Å². The molecule has 0 unspecified atom stereocenters. The maximum absolute atomic E-state index is 14.2. The molecule has 10 heteroatoms. The fraction of sp³-hybridized carbons (Fsp3) is 0.290. The number of nitrogens with zero attached hydrogens (tertiary/aromatic N) is 5. The van der Waals surface area contributed by atoms with Crippen molar-refractivity contribution >= 4 is 16.8 Å². The van der Waals surface area contributed by atoms with E-state index in [-0.39, 0.29) is 17.0 Å². The van der Waals surface area contributed by atoms with Crippen LogP contribution in [0.3, 0.4) is 0 Å². The van der Waals surface area contributed by atoms with Gasteiger partial charge in [0.05, 0.1) is 0 Å². The molecule has 6 rings (SSSR count). The molecule has 1 fully saturated rings. The van der Waals surface area contributed by atoms with Gasteiger partial charge in [0.1, 0.15) is 30.3 Å². The minimum Gasteiger partial charge on any atom is -0.435 e. The number of aryl methyl sites for hydroxylation is 1. The number of hydrogen-bond acceptors (Lipinski definition) is 4. The first-order chi connectivity index (χ1) is 19.6. The van der Waals surface area contributed by atoms with Crippen molar-refractivity contribution in [2.45, 2.75) is 38.9 Å². The van der Waals surface area contributed by atoms with E-state index < -0.39 is 17.6 Å². The average molecular weight is 563 g/mol. The summed E-state index contributed by atoms with van der Waals surface area (Å²) in [6, 6.07) is 14.3. The zero-order valence-electron chi connectivity index (χ0n) is 22.8. The smallest absolute Gasteiger partial charge is 0.420 e. The Labute approximate surface area is 234 Å². The van der Waals surface area contributed by atoms with Crippen LogP contribution in [0.4, 0.5) is 17.6 Å². The van der Waals surface area contributed by atoms with Crippen LogP contribution in [0.1, 0.15) is 37.3 Å². The summed E-state index contributed by atoms with van der Waals surface area (Å²) in [6.45, 7) is 2.51. The number of aromatic nitrogens is 4. The SMILES string of the molecule is C[C@H]1CCCC1=[N+](C)Cc1cc(C(F)(F)F)c2oc(-c3cccc(-c4ccc(F)cc4-c4nncn4C)c3)nc2c1. The van der Waals surface area contributed by atoms with Gasteiger partial charge in [0.2, 0.25) is 5.89 Å². The van der Waals surface area contributed by atoms with Gasteiger partial charge in [0.25, 0.3) is 0 Å². The van der Waals surface area contributed by atoms with Crippen molar-refractivity contribution < 1.29 is 26.6 Å². The molecule has 1 saturated carbocycles. The van der Waals surface area contributed by atoms with Crippen LogP contribution in [0.2, 0.25) is 0 Å². The molecule has 0 bridgehead atoms. The highest BCUT2D eigenvalue weighted by molar-refractivity contribution is 5.85. The van der Waals surface area contributed by atoms with Gasteiger partial charge in [-0.15, -0.1) is 10.2 Å². The van der Waals surface area contributed by atoms with Crippen molar-refractivity contribution in [3.8, 4) is 34.0 Å². The Morgan fingerprint density at radius 2 is 1.85 bits per heavy atom. The molecule has 0 N–H and O–H groups in total. The van der Waals surface area contributed by atoms with Crippen LogP contribution >= 0.6 is 0 Å². The zero-order chi connectivity index (χ0) is 28.9. The second-order valence-corrected chi connectivity index (χ2v) is 10.7. The van der Waals surface area contributed by atoms with Crippen molar-refractivity contribution in [2.75, 3.05) is 7.05 Å². The van der Waals surface area contributed by atoms with Gasteiger partial charge in [-0.1, -0.05) is 25.1 Å². The van der Waals surface area contributed by atoms with E-state index >= 15 is 0 Å². The van der Waals surface area contributed by atoms with E-state index in [4.69, 9.17) is 4.42 Å². The molecule has 0 spiro atoms. The molecule has 0 radical (unpaired) electrons. The zero-order valence-corrected chi connectivity index (χ0v) is 22.8. The predicted octanol–water partition coefficient (Wildman–Crippen LogP) is 7.52. The number of rotatable bonds is 5. The van der Waals surface area contributed by atoms with Crippen molar-refractivity contribution in [1.29, 1.82) is 0 Å². The summed E-state index contributed by atoms with van der Waals surface area (Å²) < 4.78 is 66.3. The molecular formula is C31H28F4N5O+. The normalized spacial score (nSPS) is 17.0. The molecule has 2 heterocycles. The van der Waals surface area contributed by atoms with Crippen molar-refractivity contribution in [1.82, 2.24) is 19.7 Å². The highest BCUT2D eigenvalue weighted by Crippen LogP contribution is 2.39. The van der Waals surface area contributed by atoms with E-state index in [9.17, 15) is 17.6 Å². The molecule has 0 saturated heterocycles. The summed E-state index contributed by atoms with van der Waals surface area (Å²) >= 11 is 0. The van der Waals surface area contributed by atoms with Gasteiger partial charge in [0, 0.05) is 36.1 Å². The fourth-order valence-corrected chi connectivity index (χ4v) is 5.76. The number of oxazole rings is 1. The Morgan fingerprint density at radius 3 is 2.56 bits per heavy atom. The predicted molar refractivity (Wildman–Crippen MR) is 148 cm³/mol. The maximum atomic E-state index is 14.2. The molecule has 1 aliphatic carbocycles. The molecule has 1 atom stereocenters. The summed E-state index contributed by atoms with van der Waals surface area (Å²) in [7, 11) is 3.69. The first-order valence-corrected chi connectivity index (χ1v) is 13.4. The van der Waals surface area contributed by atoms with Crippen LogP contribution in [0.5, 0.6) is 0 Å². The van der Waals surface area contributed by atoms with Crippen molar-refractivity contribution in [3.05, 3.63) is 77.9 Å². The minimum atomic E-state index is -4.61. The molecule has 6 nitrogen and oxygen atoms in total. The third-order valence-electron chi connectivity index (χ3n) is 7.76. The number of benzene rings is 3. The first-order valence-electron chi connectivity index (χ1n) is 13.4. The lowest BCUT2D eigenvalue weighted by Gasteiger charge is -2.10. The average Bonchev–Trinajstić information content (AvgIpc) is 3.67. The standard InChI is InChI=1S/C31H28F4N5O/c1-18-6-4-9-27(18)39(2)16-19-12-25(31(33,34)35)28-26(13-19)37-30(41-28)21-8-5-7-20(14-21)23-11-10-22(32)15-24(23)29-38-36-17-40(29)3/h5,7-8,10-15,17-18H,4,6,9,16H2,1-3H3/q+1/t18-/m0/s1. The Hall–Kier alpha value is -4.34. The Bertz CT molecular complexity index is 1800. The van der Waals surface area contributed by atoms with Gasteiger partial charge < -0.3 is 8.98 Å². The Balaban J connectivity index is 1.43. The number of fused-ring (bicyclic) bond motifs is 1. The maximum Gasteiger partial charge on any atom is 0.420 e. The van der Waals surface area contributed by atoms with Gasteiger partial charge in [-0.25, -0.2) is 13.9 Å².